The lowest BCUT2D eigenvalue weighted by Crippen LogP contribution is -2.01. The largest absolute Gasteiger partial charge is 0.439 e. The number of aromatic nitrogens is 2. The van der Waals surface area contributed by atoms with Crippen LogP contribution < -0.4 is 10.5 Å². The summed E-state index contributed by atoms with van der Waals surface area (Å²) in [4.78, 5) is 8.12. The molecule has 0 aliphatic heterocycles. The molecule has 1 aromatic heterocycles. The first-order chi connectivity index (χ1) is 8.74. The molecule has 0 amide bonds. The van der Waals surface area contributed by atoms with Gasteiger partial charge in [-0.3, -0.25) is 0 Å². The molecule has 2 aromatic rings. The molecule has 18 heavy (non-hydrogen) atoms. The van der Waals surface area contributed by atoms with E-state index in [1.165, 1.54) is 11.9 Å². The fourth-order valence-corrected chi connectivity index (χ4v) is 1.77. The van der Waals surface area contributed by atoms with Gasteiger partial charge in [0.15, 0.2) is 0 Å². The summed E-state index contributed by atoms with van der Waals surface area (Å²) in [7, 11) is 0. The van der Waals surface area contributed by atoms with Gasteiger partial charge in [0.25, 0.3) is 0 Å². The molecule has 0 atom stereocenters. The quantitative estimate of drug-likeness (QED) is 0.896. The van der Waals surface area contributed by atoms with Gasteiger partial charge in [0, 0.05) is 0 Å². The number of aryl methyl sites for hydroxylation is 1. The lowest BCUT2D eigenvalue weighted by atomic mass is 10.2. The summed E-state index contributed by atoms with van der Waals surface area (Å²) in [6, 6.07) is 7.97. The van der Waals surface area contributed by atoms with Crippen molar-refractivity contribution in [3.63, 3.8) is 0 Å². The molecule has 1 heterocycles. The number of ether oxygens (including phenoxy) is 1. The van der Waals surface area contributed by atoms with Crippen LogP contribution in [-0.4, -0.2) is 9.97 Å². The van der Waals surface area contributed by atoms with E-state index in [1.54, 1.807) is 0 Å². The lowest BCUT2D eigenvalue weighted by molar-refractivity contribution is 0.455. The van der Waals surface area contributed by atoms with Crippen LogP contribution >= 0.6 is 0 Å². The smallest absolute Gasteiger partial charge is 0.227 e. The maximum absolute atomic E-state index is 5.81. The molecule has 4 heteroatoms. The molecule has 0 saturated carbocycles. The number of benzene rings is 1. The van der Waals surface area contributed by atoms with Gasteiger partial charge in [0.1, 0.15) is 17.9 Å². The highest BCUT2D eigenvalue weighted by Gasteiger charge is 2.09. The Morgan fingerprint density at radius 1 is 1.17 bits per heavy atom. The maximum atomic E-state index is 5.81. The molecule has 4 nitrogen and oxygen atoms in total. The van der Waals surface area contributed by atoms with Crippen LogP contribution in [0.1, 0.15) is 25.0 Å². The maximum Gasteiger partial charge on any atom is 0.227 e. The summed E-state index contributed by atoms with van der Waals surface area (Å²) in [5.41, 5.74) is 7.89. The summed E-state index contributed by atoms with van der Waals surface area (Å²) < 4.78 is 5.79. The number of nitrogens with two attached hydrogens (primary N) is 1. The number of anilines is 1. The first-order valence-electron chi connectivity index (χ1n) is 6.10. The molecule has 0 bridgehead atoms. The molecule has 0 fully saturated rings. The second kappa shape index (κ2) is 5.49. The van der Waals surface area contributed by atoms with Gasteiger partial charge in [-0.1, -0.05) is 26.0 Å². The molecular weight excluding hydrogens is 226 g/mol. The molecule has 0 aliphatic rings. The van der Waals surface area contributed by atoms with Crippen molar-refractivity contribution < 1.29 is 4.74 Å². The van der Waals surface area contributed by atoms with Crippen LogP contribution in [0.5, 0.6) is 11.6 Å². The first kappa shape index (κ1) is 12.4. The first-order valence-corrected chi connectivity index (χ1v) is 6.10. The monoisotopic (exact) mass is 243 g/mol. The number of nitrogens with zero attached hydrogens (tertiary/aromatic N) is 2. The van der Waals surface area contributed by atoms with Crippen LogP contribution in [0.15, 0.2) is 30.6 Å². The summed E-state index contributed by atoms with van der Waals surface area (Å²) in [6.07, 6.45) is 3.15. The zero-order chi connectivity index (χ0) is 13.0. The highest BCUT2D eigenvalue weighted by atomic mass is 16.5. The number of nitrogen functional groups attached to an aromatic ring is 1. The second-order valence-corrected chi connectivity index (χ2v) is 4.00. The van der Waals surface area contributed by atoms with Gasteiger partial charge in [-0.2, -0.15) is 0 Å². The van der Waals surface area contributed by atoms with Gasteiger partial charge in [-0.05, 0) is 30.5 Å². The fraction of sp³-hybridized carbons (Fsp3) is 0.286. The third-order valence-corrected chi connectivity index (χ3v) is 2.81. The van der Waals surface area contributed by atoms with Crippen molar-refractivity contribution in [2.24, 2.45) is 0 Å². The minimum atomic E-state index is 0.481. The molecule has 2 rings (SSSR count). The highest BCUT2D eigenvalue weighted by Crippen LogP contribution is 2.26. The van der Waals surface area contributed by atoms with Gasteiger partial charge in [-0.25, -0.2) is 9.97 Å². The van der Waals surface area contributed by atoms with E-state index in [0.717, 1.165) is 24.2 Å². The van der Waals surface area contributed by atoms with E-state index in [-0.39, 0.29) is 0 Å². The Balaban J connectivity index is 2.30. The predicted molar refractivity (Wildman–Crippen MR) is 71.7 cm³/mol. The second-order valence-electron chi connectivity index (χ2n) is 4.00. The summed E-state index contributed by atoms with van der Waals surface area (Å²) in [5.74, 6) is 1.80. The standard InChI is InChI=1S/C14H17N3O/c1-3-10-6-5-7-11(8-10)18-14-12(4-2)13(15)16-9-17-14/h5-9H,3-4H2,1-2H3,(H2,15,16,17). The Labute approximate surface area is 107 Å². The third-order valence-electron chi connectivity index (χ3n) is 2.81. The van der Waals surface area contributed by atoms with Crippen molar-refractivity contribution in [2.75, 3.05) is 5.73 Å². The molecule has 94 valence electrons. The Bertz CT molecular complexity index is 540. The fourth-order valence-electron chi connectivity index (χ4n) is 1.77. The number of hydrogen-bond donors (Lipinski definition) is 1. The van der Waals surface area contributed by atoms with Gasteiger partial charge in [0.05, 0.1) is 5.56 Å². The molecule has 0 aliphatic carbocycles. The van der Waals surface area contributed by atoms with Crippen molar-refractivity contribution in [3.05, 3.63) is 41.7 Å². The van der Waals surface area contributed by atoms with Crippen LogP contribution in [0.3, 0.4) is 0 Å². The van der Waals surface area contributed by atoms with E-state index >= 15 is 0 Å². The zero-order valence-electron chi connectivity index (χ0n) is 10.7. The van der Waals surface area contributed by atoms with Gasteiger partial charge < -0.3 is 10.5 Å². The van der Waals surface area contributed by atoms with Gasteiger partial charge in [-0.15, -0.1) is 0 Å². The minimum absolute atomic E-state index is 0.481. The van der Waals surface area contributed by atoms with Crippen molar-refractivity contribution in [2.45, 2.75) is 26.7 Å². The van der Waals surface area contributed by atoms with E-state index in [9.17, 15) is 0 Å². The molecule has 0 radical (unpaired) electrons. The summed E-state index contributed by atoms with van der Waals surface area (Å²) in [5, 5.41) is 0. The van der Waals surface area contributed by atoms with E-state index in [2.05, 4.69) is 23.0 Å². The minimum Gasteiger partial charge on any atom is -0.439 e. The average molecular weight is 243 g/mol. The average Bonchev–Trinajstić information content (AvgIpc) is 2.39. The van der Waals surface area contributed by atoms with Crippen LogP contribution in [0, 0.1) is 0 Å². The lowest BCUT2D eigenvalue weighted by Gasteiger charge is -2.10. The Kier molecular flexibility index (Phi) is 3.77. The van der Waals surface area contributed by atoms with Crippen LogP contribution in [-0.2, 0) is 12.8 Å². The SMILES string of the molecule is CCc1cccc(Oc2ncnc(N)c2CC)c1. The van der Waals surface area contributed by atoms with E-state index < -0.39 is 0 Å². The molecule has 1 aromatic carbocycles. The normalized spacial score (nSPS) is 10.3. The van der Waals surface area contributed by atoms with Crippen molar-refractivity contribution in [1.29, 1.82) is 0 Å². The van der Waals surface area contributed by atoms with E-state index in [4.69, 9.17) is 10.5 Å². The number of hydrogen-bond acceptors (Lipinski definition) is 4. The number of rotatable bonds is 4. The van der Waals surface area contributed by atoms with Gasteiger partial charge >= 0.3 is 0 Å². The molecule has 2 N–H and O–H groups in total. The summed E-state index contributed by atoms with van der Waals surface area (Å²) >= 11 is 0. The van der Waals surface area contributed by atoms with Crippen LogP contribution in [0.4, 0.5) is 5.82 Å². The topological polar surface area (TPSA) is 61.0 Å². The summed E-state index contributed by atoms with van der Waals surface area (Å²) in [6.45, 7) is 4.11. The van der Waals surface area contributed by atoms with Gasteiger partial charge in [0.2, 0.25) is 5.88 Å². The molecular formula is C14H17N3O. The Morgan fingerprint density at radius 3 is 2.72 bits per heavy atom. The Morgan fingerprint density at radius 2 is 2.00 bits per heavy atom. The Hall–Kier alpha value is -2.10. The van der Waals surface area contributed by atoms with E-state index in [1.807, 2.05) is 25.1 Å². The molecule has 0 unspecified atom stereocenters. The van der Waals surface area contributed by atoms with Crippen molar-refractivity contribution >= 4 is 5.82 Å². The highest BCUT2D eigenvalue weighted by molar-refractivity contribution is 5.46. The van der Waals surface area contributed by atoms with Crippen LogP contribution in [0.25, 0.3) is 0 Å². The van der Waals surface area contributed by atoms with Crippen LogP contribution in [0.2, 0.25) is 0 Å². The molecule has 0 saturated heterocycles. The van der Waals surface area contributed by atoms with Crippen molar-refractivity contribution in [1.82, 2.24) is 9.97 Å². The van der Waals surface area contributed by atoms with Crippen molar-refractivity contribution in [3.8, 4) is 11.6 Å². The van der Waals surface area contributed by atoms with E-state index in [0.29, 0.717) is 11.7 Å². The zero-order valence-corrected chi connectivity index (χ0v) is 10.7. The third kappa shape index (κ3) is 2.59. The molecule has 0 spiro atoms. The predicted octanol–water partition coefficient (Wildman–Crippen LogP) is 2.98.